The van der Waals surface area contributed by atoms with Gasteiger partial charge in [-0.15, -0.1) is 0 Å². The van der Waals surface area contributed by atoms with Gasteiger partial charge in [-0.3, -0.25) is 14.7 Å². The van der Waals surface area contributed by atoms with Crippen molar-refractivity contribution >= 4 is 17.4 Å². The number of nitrogen functional groups attached to an aromatic ring is 1. The minimum atomic E-state index is -0.318. The van der Waals surface area contributed by atoms with E-state index in [2.05, 4.69) is 10.4 Å². The van der Waals surface area contributed by atoms with Crippen LogP contribution >= 0.6 is 0 Å². The highest BCUT2D eigenvalue weighted by molar-refractivity contribution is 6.03. The maximum absolute atomic E-state index is 12.1. The molecule has 0 aliphatic rings. The van der Waals surface area contributed by atoms with Gasteiger partial charge in [-0.25, -0.2) is 4.68 Å². The number of nitrogens with one attached hydrogen (secondary N) is 2. The lowest BCUT2D eigenvalue weighted by Gasteiger charge is -2.04. The summed E-state index contributed by atoms with van der Waals surface area (Å²) in [5.41, 5.74) is 7.07. The number of amides is 1. The molecule has 0 saturated carbocycles. The Labute approximate surface area is 126 Å². The summed E-state index contributed by atoms with van der Waals surface area (Å²) < 4.78 is 1.36. The van der Waals surface area contributed by atoms with Crippen molar-refractivity contribution < 1.29 is 4.79 Å². The molecule has 110 valence electrons. The fourth-order valence-corrected chi connectivity index (χ4v) is 2.06. The third-order valence-electron chi connectivity index (χ3n) is 3.16. The number of carbonyl (C=O) groups is 1. The average Bonchev–Trinajstić information content (AvgIpc) is 2.89. The predicted molar refractivity (Wildman–Crippen MR) is 85.2 cm³/mol. The zero-order valence-electron chi connectivity index (χ0n) is 11.6. The zero-order chi connectivity index (χ0) is 15.5. The molecule has 1 heterocycles. The van der Waals surface area contributed by atoms with Gasteiger partial charge in [0.25, 0.3) is 11.5 Å². The van der Waals surface area contributed by atoms with E-state index in [1.54, 1.807) is 36.4 Å². The van der Waals surface area contributed by atoms with Gasteiger partial charge in [-0.1, -0.05) is 18.2 Å². The molecule has 0 saturated heterocycles. The molecule has 0 atom stereocenters. The van der Waals surface area contributed by atoms with Crippen molar-refractivity contribution in [1.82, 2.24) is 9.78 Å². The third-order valence-corrected chi connectivity index (χ3v) is 3.16. The SMILES string of the molecule is Nc1ccc(C(=O)Nc2cc(=O)n(-c3ccccc3)[nH]2)cc1. The van der Waals surface area contributed by atoms with Crippen LogP contribution in [-0.4, -0.2) is 15.7 Å². The number of para-hydroxylation sites is 1. The molecule has 1 aromatic heterocycles. The van der Waals surface area contributed by atoms with E-state index in [1.165, 1.54) is 10.7 Å². The standard InChI is InChI=1S/C16H14N4O2/c17-12-8-6-11(7-9-12)16(22)18-14-10-15(21)20(19-14)13-4-2-1-3-5-13/h1-10,19H,17H2,(H,18,22). The summed E-state index contributed by atoms with van der Waals surface area (Å²) in [5.74, 6) is 0.0112. The Morgan fingerprint density at radius 3 is 2.41 bits per heavy atom. The Hall–Kier alpha value is -3.28. The second-order valence-corrected chi connectivity index (χ2v) is 4.76. The summed E-state index contributed by atoms with van der Waals surface area (Å²) in [5, 5.41) is 5.51. The molecule has 22 heavy (non-hydrogen) atoms. The predicted octanol–water partition coefficient (Wildman–Crippen LogP) is 2.00. The van der Waals surface area contributed by atoms with Crippen LogP contribution in [0.15, 0.2) is 65.5 Å². The molecule has 3 aromatic rings. The molecule has 0 unspecified atom stereocenters. The van der Waals surface area contributed by atoms with Crippen LogP contribution in [0, 0.1) is 0 Å². The van der Waals surface area contributed by atoms with Crippen LogP contribution in [0.1, 0.15) is 10.4 Å². The number of hydrogen-bond acceptors (Lipinski definition) is 3. The molecule has 1 amide bonds. The number of benzene rings is 2. The van der Waals surface area contributed by atoms with Gasteiger partial charge in [0.1, 0.15) is 5.82 Å². The molecular weight excluding hydrogens is 280 g/mol. The van der Waals surface area contributed by atoms with Crippen molar-refractivity contribution in [2.75, 3.05) is 11.1 Å². The minimum Gasteiger partial charge on any atom is -0.399 e. The first-order valence-electron chi connectivity index (χ1n) is 6.68. The molecule has 0 bridgehead atoms. The Morgan fingerprint density at radius 1 is 1.05 bits per heavy atom. The third kappa shape index (κ3) is 2.76. The molecule has 0 radical (unpaired) electrons. The van der Waals surface area contributed by atoms with Gasteiger partial charge in [-0.05, 0) is 36.4 Å². The molecule has 0 spiro atoms. The van der Waals surface area contributed by atoms with Crippen LogP contribution < -0.4 is 16.6 Å². The van der Waals surface area contributed by atoms with Crippen LogP contribution in [0.3, 0.4) is 0 Å². The van der Waals surface area contributed by atoms with E-state index in [-0.39, 0.29) is 11.5 Å². The number of aromatic nitrogens is 2. The van der Waals surface area contributed by atoms with Crippen LogP contribution in [0.5, 0.6) is 0 Å². The molecule has 0 fully saturated rings. The second kappa shape index (κ2) is 5.61. The Kier molecular flexibility index (Phi) is 3.49. The van der Waals surface area contributed by atoms with Crippen LogP contribution in [0.25, 0.3) is 5.69 Å². The highest BCUT2D eigenvalue weighted by atomic mass is 16.2. The smallest absolute Gasteiger partial charge is 0.273 e. The molecule has 6 nitrogen and oxygen atoms in total. The van der Waals surface area contributed by atoms with Gasteiger partial charge in [0, 0.05) is 17.3 Å². The average molecular weight is 294 g/mol. The quantitative estimate of drug-likeness (QED) is 0.645. The summed E-state index contributed by atoms with van der Waals surface area (Å²) in [4.78, 5) is 24.1. The number of carbonyl (C=O) groups excluding carboxylic acids is 1. The maximum Gasteiger partial charge on any atom is 0.273 e. The minimum absolute atomic E-state index is 0.251. The van der Waals surface area contributed by atoms with Gasteiger partial charge >= 0.3 is 0 Å². The first kappa shape index (κ1) is 13.7. The van der Waals surface area contributed by atoms with E-state index >= 15 is 0 Å². The lowest BCUT2D eigenvalue weighted by molar-refractivity contribution is 0.102. The highest BCUT2D eigenvalue weighted by Crippen LogP contribution is 2.10. The number of H-pyrrole nitrogens is 1. The largest absolute Gasteiger partial charge is 0.399 e. The first-order chi connectivity index (χ1) is 10.6. The summed E-state index contributed by atoms with van der Waals surface area (Å²) >= 11 is 0. The van der Waals surface area contributed by atoms with E-state index in [4.69, 9.17) is 5.73 Å². The summed E-state index contributed by atoms with van der Waals surface area (Å²) in [6.07, 6.45) is 0. The van der Waals surface area contributed by atoms with Crippen molar-refractivity contribution in [2.24, 2.45) is 0 Å². The molecule has 3 rings (SSSR count). The molecule has 4 N–H and O–H groups in total. The van der Waals surface area contributed by atoms with E-state index < -0.39 is 0 Å². The fourth-order valence-electron chi connectivity index (χ4n) is 2.06. The number of aromatic amines is 1. The van der Waals surface area contributed by atoms with Crippen LogP contribution in [0.4, 0.5) is 11.5 Å². The summed E-state index contributed by atoms with van der Waals surface area (Å²) in [6.45, 7) is 0. The number of hydrogen-bond donors (Lipinski definition) is 3. The molecule has 2 aromatic carbocycles. The lowest BCUT2D eigenvalue weighted by Crippen LogP contribution is -2.13. The second-order valence-electron chi connectivity index (χ2n) is 4.76. The monoisotopic (exact) mass is 294 g/mol. The fraction of sp³-hybridized carbons (Fsp3) is 0. The number of anilines is 2. The van der Waals surface area contributed by atoms with Crippen LogP contribution in [0.2, 0.25) is 0 Å². The highest BCUT2D eigenvalue weighted by Gasteiger charge is 2.09. The van der Waals surface area contributed by atoms with Gasteiger partial charge < -0.3 is 11.1 Å². The number of nitrogens with zero attached hydrogens (tertiary/aromatic N) is 1. The normalized spacial score (nSPS) is 10.4. The number of nitrogens with two attached hydrogens (primary N) is 1. The van der Waals surface area contributed by atoms with Gasteiger partial charge in [0.15, 0.2) is 0 Å². The van der Waals surface area contributed by atoms with Gasteiger partial charge in [0.2, 0.25) is 0 Å². The summed E-state index contributed by atoms with van der Waals surface area (Å²) in [6, 6.07) is 17.0. The molecule has 6 heteroatoms. The molecule has 0 aliphatic carbocycles. The topological polar surface area (TPSA) is 92.9 Å². The van der Waals surface area contributed by atoms with Gasteiger partial charge in [-0.2, -0.15) is 0 Å². The molecular formula is C16H14N4O2. The van der Waals surface area contributed by atoms with Crippen molar-refractivity contribution in [3.05, 3.63) is 76.6 Å². The zero-order valence-corrected chi connectivity index (χ0v) is 11.6. The molecule has 0 aliphatic heterocycles. The van der Waals surface area contributed by atoms with E-state index in [0.29, 0.717) is 22.8 Å². The van der Waals surface area contributed by atoms with E-state index in [9.17, 15) is 9.59 Å². The van der Waals surface area contributed by atoms with Crippen molar-refractivity contribution in [3.8, 4) is 5.69 Å². The Morgan fingerprint density at radius 2 is 1.73 bits per heavy atom. The Bertz CT molecular complexity index is 848. The van der Waals surface area contributed by atoms with E-state index in [0.717, 1.165) is 0 Å². The van der Waals surface area contributed by atoms with Gasteiger partial charge in [0.05, 0.1) is 5.69 Å². The van der Waals surface area contributed by atoms with Crippen molar-refractivity contribution in [2.45, 2.75) is 0 Å². The van der Waals surface area contributed by atoms with Crippen molar-refractivity contribution in [1.29, 1.82) is 0 Å². The Balaban J connectivity index is 1.83. The first-order valence-corrected chi connectivity index (χ1v) is 6.68. The number of rotatable bonds is 3. The van der Waals surface area contributed by atoms with Crippen LogP contribution in [-0.2, 0) is 0 Å². The maximum atomic E-state index is 12.1. The summed E-state index contributed by atoms with van der Waals surface area (Å²) in [7, 11) is 0. The lowest BCUT2D eigenvalue weighted by atomic mass is 10.2. The van der Waals surface area contributed by atoms with E-state index in [1.807, 2.05) is 18.2 Å². The van der Waals surface area contributed by atoms with Crippen molar-refractivity contribution in [3.63, 3.8) is 0 Å².